The number of nitrogens with zero attached hydrogens (tertiary/aromatic N) is 2. The molecule has 4 rings (SSSR count). The number of fused-ring (bicyclic) bond motifs is 1. The topological polar surface area (TPSA) is 164 Å². The second-order valence-electron chi connectivity index (χ2n) is 13.0. The van der Waals surface area contributed by atoms with Gasteiger partial charge in [0, 0.05) is 25.6 Å². The zero-order valence-corrected chi connectivity index (χ0v) is 28.9. The number of carbonyl (C=O) groups excluding carboxylic acids is 1. The number of alkyl carbamates (subject to hydrolysis) is 1. The highest BCUT2D eigenvalue weighted by atomic mass is 32.2. The molecule has 2 fully saturated rings. The Balaban J connectivity index is 1.64. The molecule has 2 aliphatic heterocycles. The molecule has 266 valence electrons. The van der Waals surface area contributed by atoms with E-state index < -0.39 is 52.1 Å². The minimum atomic E-state index is -4.17. The van der Waals surface area contributed by atoms with Crippen LogP contribution in [0, 0.1) is 11.3 Å². The number of sulfonamides is 1. The molecule has 0 aliphatic carbocycles. The van der Waals surface area contributed by atoms with E-state index in [1.807, 2.05) is 44.2 Å². The number of carbonyl (C=O) groups is 2. The van der Waals surface area contributed by atoms with Gasteiger partial charge in [0.05, 0.1) is 50.0 Å². The summed E-state index contributed by atoms with van der Waals surface area (Å²) in [4.78, 5) is 26.0. The van der Waals surface area contributed by atoms with Crippen LogP contribution in [0.5, 0.6) is 5.75 Å². The molecule has 13 nitrogen and oxygen atoms in total. The van der Waals surface area contributed by atoms with E-state index in [1.54, 1.807) is 19.1 Å². The Morgan fingerprint density at radius 2 is 1.81 bits per heavy atom. The average molecular weight is 692 g/mol. The minimum absolute atomic E-state index is 0.0140. The lowest BCUT2D eigenvalue weighted by Gasteiger charge is -2.40. The summed E-state index contributed by atoms with van der Waals surface area (Å²) in [6.45, 7) is 6.37. The molecule has 0 radical (unpaired) electrons. The molecule has 0 saturated carbocycles. The number of hydrogen-bond donors (Lipinski definition) is 3. The Kier molecular flexibility index (Phi) is 13.1. The van der Waals surface area contributed by atoms with Gasteiger partial charge in [0.1, 0.15) is 5.75 Å². The van der Waals surface area contributed by atoms with Crippen LogP contribution >= 0.6 is 0 Å². The number of aliphatic hydroxyl groups excluding tert-OH is 1. The number of rotatable bonds is 17. The Hall–Kier alpha value is -3.43. The van der Waals surface area contributed by atoms with Gasteiger partial charge in [-0.25, -0.2) is 18.0 Å². The van der Waals surface area contributed by atoms with Gasteiger partial charge >= 0.3 is 12.2 Å². The molecular formula is C34H49N3O10S. The number of methoxy groups -OCH3 is 1. The first-order valence-corrected chi connectivity index (χ1v) is 17.8. The van der Waals surface area contributed by atoms with E-state index in [1.165, 1.54) is 28.4 Å². The summed E-state index contributed by atoms with van der Waals surface area (Å²) in [5.74, 6) is 0.288. The third-order valence-electron chi connectivity index (χ3n) is 8.94. The molecule has 0 unspecified atom stereocenters. The Bertz CT molecular complexity index is 1440. The fraction of sp³-hybridized carbons (Fsp3) is 0.588. The summed E-state index contributed by atoms with van der Waals surface area (Å²) in [5.41, 5.74) is 0.204. The molecule has 2 saturated heterocycles. The second kappa shape index (κ2) is 16.8. The van der Waals surface area contributed by atoms with E-state index in [9.17, 15) is 28.2 Å². The van der Waals surface area contributed by atoms with Gasteiger partial charge in [-0.05, 0) is 67.9 Å². The number of ether oxygens (including phenoxy) is 4. The third kappa shape index (κ3) is 9.59. The van der Waals surface area contributed by atoms with E-state index in [2.05, 4.69) is 5.32 Å². The molecule has 5 atom stereocenters. The van der Waals surface area contributed by atoms with Crippen molar-refractivity contribution in [1.29, 1.82) is 0 Å². The maximum absolute atomic E-state index is 14.3. The molecular weight excluding hydrogens is 642 g/mol. The van der Waals surface area contributed by atoms with E-state index >= 15 is 0 Å². The van der Waals surface area contributed by atoms with Crippen LogP contribution in [0.3, 0.4) is 0 Å². The Labute approximate surface area is 283 Å². The molecule has 0 spiro atoms. The summed E-state index contributed by atoms with van der Waals surface area (Å²) in [6.07, 6.45) is -1.79. The summed E-state index contributed by atoms with van der Waals surface area (Å²) in [5, 5.41) is 25.3. The number of benzene rings is 2. The van der Waals surface area contributed by atoms with E-state index in [-0.39, 0.29) is 43.5 Å². The first-order chi connectivity index (χ1) is 22.9. The number of aliphatic hydroxyl groups is 1. The average Bonchev–Trinajstić information content (AvgIpc) is 3.68. The van der Waals surface area contributed by atoms with Crippen molar-refractivity contribution in [2.45, 2.75) is 75.8 Å². The van der Waals surface area contributed by atoms with E-state index in [4.69, 9.17) is 18.9 Å². The molecule has 3 N–H and O–H groups in total. The zero-order chi connectivity index (χ0) is 34.9. The predicted molar refractivity (Wildman–Crippen MR) is 177 cm³/mol. The smallest absolute Gasteiger partial charge is 0.407 e. The summed E-state index contributed by atoms with van der Waals surface area (Å²) in [6, 6.07) is 13.7. The van der Waals surface area contributed by atoms with Gasteiger partial charge in [-0.15, -0.1) is 0 Å². The highest BCUT2D eigenvalue weighted by Gasteiger charge is 2.49. The van der Waals surface area contributed by atoms with Crippen LogP contribution in [-0.4, -0.2) is 111 Å². The number of nitrogens with one attached hydrogen (secondary N) is 1. The maximum atomic E-state index is 14.3. The largest absolute Gasteiger partial charge is 0.497 e. The van der Waals surface area contributed by atoms with Gasteiger partial charge in [0.25, 0.3) is 0 Å². The quantitative estimate of drug-likeness (QED) is 0.207. The van der Waals surface area contributed by atoms with Gasteiger partial charge in [-0.2, -0.15) is 4.31 Å². The number of amides is 2. The molecule has 2 amide bonds. The predicted octanol–water partition coefficient (Wildman–Crippen LogP) is 3.95. The number of hydrogen-bond acceptors (Lipinski definition) is 9. The molecule has 0 aromatic heterocycles. The monoisotopic (exact) mass is 691 g/mol. The molecule has 0 bridgehead atoms. The lowest BCUT2D eigenvalue weighted by atomic mass is 9.87. The summed E-state index contributed by atoms with van der Waals surface area (Å²) in [7, 11) is -2.69. The fourth-order valence-corrected chi connectivity index (χ4v) is 8.15. The molecule has 48 heavy (non-hydrogen) atoms. The van der Waals surface area contributed by atoms with Crippen molar-refractivity contribution < 1.29 is 47.2 Å². The van der Waals surface area contributed by atoms with Crippen molar-refractivity contribution in [1.82, 2.24) is 14.5 Å². The molecule has 2 heterocycles. The van der Waals surface area contributed by atoms with Crippen molar-refractivity contribution >= 4 is 22.2 Å². The Morgan fingerprint density at radius 3 is 2.46 bits per heavy atom. The number of carboxylic acid groups (broad SMARTS) is 1. The lowest BCUT2D eigenvalue weighted by molar-refractivity contribution is -0.0906. The second-order valence-corrected chi connectivity index (χ2v) is 14.9. The molecule has 2 aromatic carbocycles. The van der Waals surface area contributed by atoms with Crippen LogP contribution < -0.4 is 10.1 Å². The minimum Gasteiger partial charge on any atom is -0.497 e. The van der Waals surface area contributed by atoms with Gasteiger partial charge in [0.2, 0.25) is 10.0 Å². The van der Waals surface area contributed by atoms with Gasteiger partial charge in [0.15, 0.2) is 6.29 Å². The van der Waals surface area contributed by atoms with Gasteiger partial charge < -0.3 is 34.5 Å². The Morgan fingerprint density at radius 1 is 1.10 bits per heavy atom. The lowest BCUT2D eigenvalue weighted by Crippen LogP contribution is -2.58. The summed E-state index contributed by atoms with van der Waals surface area (Å²) >= 11 is 0. The standard InChI is InChI=1S/C34H49N3O10S/c1-5-45-32(39)35-18-9-17-34(2,3)23-36(48(42,43)26-14-12-25(44-4)13-15-26)21-30(38)28(20-24-10-7-6-8-11-24)37(33(40)41)29-22-47-31-27(29)16-19-46-31/h6-8,10-15,27-31,38H,5,9,16-23H2,1-4H3,(H,35,39)(H,40,41)/t27-,28-,29-,30+,31+/m0/s1. The molecule has 14 heteroatoms. The van der Waals surface area contributed by atoms with Gasteiger partial charge in [-0.3, -0.25) is 4.90 Å². The highest BCUT2D eigenvalue weighted by Crippen LogP contribution is 2.36. The van der Waals surface area contributed by atoms with Crippen molar-refractivity contribution in [3.05, 3.63) is 60.2 Å². The third-order valence-corrected chi connectivity index (χ3v) is 10.8. The van der Waals surface area contributed by atoms with Crippen molar-refractivity contribution in [2.24, 2.45) is 11.3 Å². The highest BCUT2D eigenvalue weighted by molar-refractivity contribution is 7.89. The SMILES string of the molecule is CCOC(=O)NCCCC(C)(C)CN(C[C@@H](O)[C@H](Cc1ccccc1)N(C(=O)O)[C@H]1CO[C@H]2OCC[C@H]21)S(=O)(=O)c1ccc(OC)cc1. The van der Waals surface area contributed by atoms with Crippen LogP contribution in [0.1, 0.15) is 45.6 Å². The van der Waals surface area contributed by atoms with Crippen LogP contribution in [0.15, 0.2) is 59.5 Å². The normalized spacial score (nSPS) is 20.6. The summed E-state index contributed by atoms with van der Waals surface area (Å²) < 4.78 is 51.4. The van der Waals surface area contributed by atoms with Crippen LogP contribution in [0.2, 0.25) is 0 Å². The molecule has 2 aliphatic rings. The van der Waals surface area contributed by atoms with Crippen molar-refractivity contribution in [3.8, 4) is 5.75 Å². The van der Waals surface area contributed by atoms with Crippen LogP contribution in [0.25, 0.3) is 0 Å². The zero-order valence-electron chi connectivity index (χ0n) is 28.1. The fourth-order valence-electron chi connectivity index (χ4n) is 6.50. The van der Waals surface area contributed by atoms with Crippen LogP contribution in [-0.2, 0) is 30.7 Å². The van der Waals surface area contributed by atoms with Crippen molar-refractivity contribution in [3.63, 3.8) is 0 Å². The molecule has 2 aromatic rings. The van der Waals surface area contributed by atoms with Crippen LogP contribution in [0.4, 0.5) is 9.59 Å². The van der Waals surface area contributed by atoms with E-state index in [0.717, 1.165) is 5.56 Å². The maximum Gasteiger partial charge on any atom is 0.407 e. The van der Waals surface area contributed by atoms with Gasteiger partial charge in [-0.1, -0.05) is 44.2 Å². The van der Waals surface area contributed by atoms with E-state index in [0.29, 0.717) is 38.2 Å². The first kappa shape index (κ1) is 37.4. The first-order valence-electron chi connectivity index (χ1n) is 16.4. The van der Waals surface area contributed by atoms with Crippen molar-refractivity contribution in [2.75, 3.05) is 46.6 Å².